The molecule has 1 saturated carbocycles. The fourth-order valence-electron chi connectivity index (χ4n) is 3.33. The summed E-state index contributed by atoms with van der Waals surface area (Å²) in [6, 6.07) is 7.64. The van der Waals surface area contributed by atoms with Crippen molar-refractivity contribution in [3.8, 4) is 5.88 Å². The maximum Gasteiger partial charge on any atom is 0.326 e. The van der Waals surface area contributed by atoms with Gasteiger partial charge in [-0.05, 0) is 31.4 Å². The number of imidazole rings is 1. The first kappa shape index (κ1) is 19.9. The van der Waals surface area contributed by atoms with Crippen LogP contribution in [0.1, 0.15) is 35.7 Å². The quantitative estimate of drug-likeness (QED) is 0.284. The van der Waals surface area contributed by atoms with Gasteiger partial charge in [-0.15, -0.1) is 0 Å². The van der Waals surface area contributed by atoms with Crippen molar-refractivity contribution in [1.29, 1.82) is 0 Å². The number of fused-ring (bicyclic) bond motifs is 1. The summed E-state index contributed by atoms with van der Waals surface area (Å²) in [6.07, 6.45) is 5.12. The van der Waals surface area contributed by atoms with Gasteiger partial charge in [0.15, 0.2) is 5.65 Å². The van der Waals surface area contributed by atoms with Gasteiger partial charge in [0, 0.05) is 5.22 Å². The molecule has 1 aromatic carbocycles. The lowest BCUT2D eigenvalue weighted by atomic mass is 10.1. The van der Waals surface area contributed by atoms with Gasteiger partial charge in [0.2, 0.25) is 11.8 Å². The monoisotopic (exact) mass is 434 g/mol. The average molecular weight is 434 g/mol. The van der Waals surface area contributed by atoms with Crippen LogP contribution in [0.25, 0.3) is 11.7 Å². The molecule has 0 spiro atoms. The fourth-order valence-corrected chi connectivity index (χ4v) is 3.33. The van der Waals surface area contributed by atoms with Gasteiger partial charge >= 0.3 is 5.69 Å². The van der Waals surface area contributed by atoms with Gasteiger partial charge in [-0.1, -0.05) is 29.8 Å². The van der Waals surface area contributed by atoms with Crippen molar-refractivity contribution in [3.63, 3.8) is 0 Å². The maximum atomic E-state index is 11.5. The minimum atomic E-state index is -0.518. The number of hydrogen-bond acceptors (Lipinski definition) is 8. The van der Waals surface area contributed by atoms with Crippen LogP contribution in [0.2, 0.25) is 0 Å². The average Bonchev–Trinajstić information content (AvgIpc) is 3.41. The molecular weight excluding hydrogens is 412 g/mol. The molecule has 32 heavy (non-hydrogen) atoms. The molecule has 4 aromatic rings. The number of nitrogens with zero attached hydrogens (tertiary/aromatic N) is 5. The number of aryl methyl sites for hydroxylation is 1. The van der Waals surface area contributed by atoms with E-state index in [9.17, 15) is 15.0 Å². The number of aromatic nitrogens is 6. The Morgan fingerprint density at radius 2 is 2.06 bits per heavy atom. The highest BCUT2D eigenvalue weighted by Crippen LogP contribution is 2.22. The Hall–Kier alpha value is -3.99. The summed E-state index contributed by atoms with van der Waals surface area (Å²) in [5, 5.41) is 28.0. The Kier molecular flexibility index (Phi) is 4.94. The predicted octanol–water partition coefficient (Wildman–Crippen LogP) is -0.0890. The van der Waals surface area contributed by atoms with Crippen LogP contribution >= 0.6 is 0 Å². The van der Waals surface area contributed by atoms with Gasteiger partial charge in [-0.2, -0.15) is 19.6 Å². The lowest BCUT2D eigenvalue weighted by Gasteiger charge is -2.17. The molecule has 1 unspecified atom stereocenters. The molecule has 3 heterocycles. The molecule has 0 bridgehead atoms. The van der Waals surface area contributed by atoms with Crippen LogP contribution in [0.4, 0.5) is 5.95 Å². The van der Waals surface area contributed by atoms with Gasteiger partial charge in [-0.25, -0.2) is 9.79 Å². The number of H-pyrrole nitrogens is 2. The van der Waals surface area contributed by atoms with Crippen molar-refractivity contribution < 1.29 is 10.2 Å². The molecule has 0 aliphatic heterocycles. The van der Waals surface area contributed by atoms with E-state index in [0.717, 1.165) is 24.0 Å². The molecule has 11 heteroatoms. The van der Waals surface area contributed by atoms with E-state index in [4.69, 9.17) is 0 Å². The minimum Gasteiger partial charge on any atom is -0.493 e. The Balaban J connectivity index is 1.62. The fraction of sp³-hybridized carbons (Fsp3) is 0.286. The molecule has 0 radical (unpaired) electrons. The molecule has 1 aliphatic carbocycles. The molecule has 3 aromatic heterocycles. The van der Waals surface area contributed by atoms with Crippen LogP contribution in [0, 0.1) is 6.92 Å². The summed E-state index contributed by atoms with van der Waals surface area (Å²) in [6.45, 7) is 1.85. The first-order valence-electron chi connectivity index (χ1n) is 10.3. The van der Waals surface area contributed by atoms with Crippen molar-refractivity contribution in [2.45, 2.75) is 31.8 Å². The minimum absolute atomic E-state index is 0.149. The van der Waals surface area contributed by atoms with Gasteiger partial charge in [0.1, 0.15) is 5.69 Å². The Labute approximate surface area is 181 Å². The third-order valence-corrected chi connectivity index (χ3v) is 5.22. The van der Waals surface area contributed by atoms with Gasteiger partial charge in [0.25, 0.3) is 5.62 Å². The molecule has 0 saturated heterocycles. The van der Waals surface area contributed by atoms with Crippen molar-refractivity contribution >= 4 is 17.7 Å². The predicted molar refractivity (Wildman–Crippen MR) is 116 cm³/mol. The van der Waals surface area contributed by atoms with Crippen LogP contribution < -0.4 is 21.8 Å². The standard InChI is InChI=1S/C21H22N8O3/c1-11-2-4-12(5-3-11)16(10-30)24-19-26-17-13(8-15-18(31)27-21(32)25-15)9-22-29(17)20(28-19)23-14-6-7-14/h2-5,8-9,14,16,30-31H,6-7,10H2,1H3,(H,23,24,28)(H2,25,27,32). The highest BCUT2D eigenvalue weighted by molar-refractivity contribution is 5.57. The highest BCUT2D eigenvalue weighted by Gasteiger charge is 2.21. The second-order valence-electron chi connectivity index (χ2n) is 7.82. The molecule has 1 fully saturated rings. The maximum absolute atomic E-state index is 11.5. The number of benzene rings is 1. The summed E-state index contributed by atoms with van der Waals surface area (Å²) >= 11 is 0. The van der Waals surface area contributed by atoms with Gasteiger partial charge in [0.05, 0.1) is 24.9 Å². The highest BCUT2D eigenvalue weighted by atomic mass is 16.3. The third kappa shape index (κ3) is 3.97. The largest absolute Gasteiger partial charge is 0.493 e. The number of rotatable bonds is 6. The second kappa shape index (κ2) is 7.93. The van der Waals surface area contributed by atoms with Crippen LogP contribution in [-0.4, -0.2) is 52.4 Å². The topological polar surface area (TPSA) is 157 Å². The third-order valence-electron chi connectivity index (χ3n) is 5.22. The zero-order chi connectivity index (χ0) is 22.2. The van der Waals surface area contributed by atoms with Crippen molar-refractivity contribution in [1.82, 2.24) is 29.5 Å². The molecule has 5 N–H and O–H groups in total. The summed E-state index contributed by atoms with van der Waals surface area (Å²) < 4.78 is 1.52. The van der Waals surface area contributed by atoms with E-state index in [1.54, 1.807) is 12.3 Å². The van der Waals surface area contributed by atoms with E-state index < -0.39 is 11.7 Å². The van der Waals surface area contributed by atoms with E-state index in [-0.39, 0.29) is 24.2 Å². The molecule has 5 rings (SSSR count). The van der Waals surface area contributed by atoms with Crippen LogP contribution in [0.5, 0.6) is 5.88 Å². The van der Waals surface area contributed by atoms with Gasteiger partial charge < -0.3 is 20.5 Å². The lowest BCUT2D eigenvalue weighted by Crippen LogP contribution is -2.26. The van der Waals surface area contributed by atoms with E-state index in [1.165, 1.54) is 4.52 Å². The zero-order valence-electron chi connectivity index (χ0n) is 17.3. The molecule has 0 amide bonds. The number of aromatic hydroxyl groups is 1. The SMILES string of the molecule is Cc1ccc(C(CO)Nc2nc(=NC3CC3)n3ncc(=Cc4[nH]c(=O)[nH]c4O)c3n2)cc1. The Morgan fingerprint density at radius 3 is 2.72 bits per heavy atom. The van der Waals surface area contributed by atoms with Gasteiger partial charge in [-0.3, -0.25) is 4.98 Å². The number of aromatic amines is 2. The van der Waals surface area contributed by atoms with E-state index in [1.807, 2.05) is 31.2 Å². The Bertz CT molecular complexity index is 1450. The molecule has 164 valence electrons. The zero-order valence-corrected chi connectivity index (χ0v) is 17.3. The summed E-state index contributed by atoms with van der Waals surface area (Å²) in [4.78, 5) is 30.0. The number of hydrogen-bond donors (Lipinski definition) is 5. The smallest absolute Gasteiger partial charge is 0.326 e. The molecule has 11 nitrogen and oxygen atoms in total. The van der Waals surface area contributed by atoms with Crippen molar-refractivity contribution in [2.24, 2.45) is 4.99 Å². The first-order valence-corrected chi connectivity index (χ1v) is 10.3. The molecular formula is C21H22N8O3. The van der Waals surface area contributed by atoms with Crippen molar-refractivity contribution in [3.05, 3.63) is 68.6 Å². The van der Waals surface area contributed by atoms with Crippen LogP contribution in [-0.2, 0) is 0 Å². The number of aliphatic hydroxyl groups is 1. The van der Waals surface area contributed by atoms with E-state index in [2.05, 4.69) is 35.3 Å². The van der Waals surface area contributed by atoms with Crippen molar-refractivity contribution in [2.75, 3.05) is 11.9 Å². The van der Waals surface area contributed by atoms with Crippen LogP contribution in [0.3, 0.4) is 0 Å². The summed E-state index contributed by atoms with van der Waals surface area (Å²) in [5.74, 6) is 0.0165. The van der Waals surface area contributed by atoms with E-state index in [0.29, 0.717) is 22.4 Å². The number of anilines is 1. The normalized spacial score (nSPS) is 16.1. The Morgan fingerprint density at radius 1 is 1.28 bits per heavy atom. The lowest BCUT2D eigenvalue weighted by molar-refractivity contribution is 0.276. The number of aliphatic hydroxyl groups excluding tert-OH is 1. The molecule has 1 aliphatic rings. The van der Waals surface area contributed by atoms with Crippen LogP contribution in [0.15, 0.2) is 40.2 Å². The number of nitrogens with one attached hydrogen (secondary N) is 3. The summed E-state index contributed by atoms with van der Waals surface area (Å²) in [5.41, 5.74) is 2.56. The second-order valence-corrected chi connectivity index (χ2v) is 7.82. The molecule has 1 atom stereocenters. The first-order chi connectivity index (χ1) is 15.5. The summed E-state index contributed by atoms with van der Waals surface area (Å²) in [7, 11) is 0. The van der Waals surface area contributed by atoms with E-state index >= 15 is 0 Å².